The minimum Gasteiger partial charge on any atom is -0.507 e. The lowest BCUT2D eigenvalue weighted by molar-refractivity contribution is 0.451. The van der Waals surface area contributed by atoms with Crippen LogP contribution >= 0.6 is 0 Å². The van der Waals surface area contributed by atoms with Crippen LogP contribution < -0.4 is 0 Å². The average Bonchev–Trinajstić information content (AvgIpc) is 2.94. The number of phenols is 5. The first-order valence-corrected chi connectivity index (χ1v) is 13.4. The van der Waals surface area contributed by atoms with Crippen LogP contribution in [0.25, 0.3) is 0 Å². The molecular weight excluding hydrogens is 500 g/mol. The number of hydrogen-bond acceptors (Lipinski definition) is 5. The van der Waals surface area contributed by atoms with Gasteiger partial charge in [-0.3, -0.25) is 0 Å². The Kier molecular flexibility index (Phi) is 6.56. The summed E-state index contributed by atoms with van der Waals surface area (Å²) in [4.78, 5) is 0. The van der Waals surface area contributed by atoms with Crippen molar-refractivity contribution in [2.24, 2.45) is 0 Å². The van der Waals surface area contributed by atoms with Crippen LogP contribution in [0.4, 0.5) is 0 Å². The highest BCUT2D eigenvalue weighted by molar-refractivity contribution is 5.55. The summed E-state index contributed by atoms with van der Waals surface area (Å²) in [6.07, 6.45) is 1.62. The molecule has 1 aliphatic carbocycles. The molecule has 5 aromatic carbocycles. The third-order valence-corrected chi connectivity index (χ3v) is 7.92. The Labute approximate surface area is 232 Å². The quantitative estimate of drug-likeness (QED) is 0.155. The fourth-order valence-corrected chi connectivity index (χ4v) is 5.67. The maximum Gasteiger partial charge on any atom is 0.122 e. The van der Waals surface area contributed by atoms with Crippen LogP contribution in [-0.4, -0.2) is 25.5 Å². The highest BCUT2D eigenvalue weighted by Crippen LogP contribution is 2.37. The van der Waals surface area contributed by atoms with Crippen molar-refractivity contribution in [1.82, 2.24) is 0 Å². The topological polar surface area (TPSA) is 101 Å². The molecule has 0 aliphatic heterocycles. The lowest BCUT2D eigenvalue weighted by atomic mass is 9.91. The highest BCUT2D eigenvalue weighted by Gasteiger charge is 2.18. The van der Waals surface area contributed by atoms with Gasteiger partial charge in [0.15, 0.2) is 0 Å². The summed E-state index contributed by atoms with van der Waals surface area (Å²) in [6, 6.07) is 27.6. The number of phenolic OH excluding ortho intramolecular Hbond substituents is 5. The molecule has 0 spiro atoms. The first kappa shape index (κ1) is 25.4. The molecule has 1 aliphatic rings. The van der Waals surface area contributed by atoms with Gasteiger partial charge >= 0.3 is 0 Å². The van der Waals surface area contributed by atoms with Gasteiger partial charge in [0.1, 0.15) is 28.7 Å². The summed E-state index contributed by atoms with van der Waals surface area (Å²) in [5.74, 6) is 0.635. The molecular formula is C35H30O5. The van der Waals surface area contributed by atoms with Crippen LogP contribution in [0, 0.1) is 0 Å². The van der Waals surface area contributed by atoms with Crippen LogP contribution in [0.5, 0.6) is 28.7 Å². The number of hydrogen-bond donors (Lipinski definition) is 5. The second kappa shape index (κ2) is 10.3. The van der Waals surface area contributed by atoms with E-state index in [0.29, 0.717) is 87.7 Å². The zero-order chi connectivity index (χ0) is 27.8. The molecule has 0 saturated heterocycles. The van der Waals surface area contributed by atoms with Gasteiger partial charge in [-0.25, -0.2) is 0 Å². The predicted molar refractivity (Wildman–Crippen MR) is 155 cm³/mol. The van der Waals surface area contributed by atoms with Crippen molar-refractivity contribution in [3.8, 4) is 28.7 Å². The monoisotopic (exact) mass is 530 g/mol. The van der Waals surface area contributed by atoms with Gasteiger partial charge in [-0.05, 0) is 55.6 Å². The Balaban J connectivity index is 1.52. The van der Waals surface area contributed by atoms with Crippen LogP contribution in [0.2, 0.25) is 0 Å². The molecule has 5 heteroatoms. The molecule has 0 amide bonds. The van der Waals surface area contributed by atoms with Crippen molar-refractivity contribution < 1.29 is 25.5 Å². The molecule has 0 saturated carbocycles. The fourth-order valence-electron chi connectivity index (χ4n) is 5.67. The van der Waals surface area contributed by atoms with Crippen molar-refractivity contribution >= 4 is 0 Å². The van der Waals surface area contributed by atoms with E-state index in [4.69, 9.17) is 0 Å². The number of fused-ring (bicyclic) bond motifs is 10. The summed E-state index contributed by atoms with van der Waals surface area (Å²) >= 11 is 0. The SMILES string of the molecule is Oc1c2cccc1Cc1cccc(c1O)Cc1cccc(c1O)Cc1cccc(c1O)Cc1cccc(c1O)C2. The molecule has 0 heterocycles. The summed E-state index contributed by atoms with van der Waals surface area (Å²) in [5, 5.41) is 55.9. The maximum absolute atomic E-state index is 11.2. The molecule has 40 heavy (non-hydrogen) atoms. The lowest BCUT2D eigenvalue weighted by Gasteiger charge is -2.16. The van der Waals surface area contributed by atoms with Gasteiger partial charge in [0.05, 0.1) is 0 Å². The zero-order valence-electron chi connectivity index (χ0n) is 21.9. The van der Waals surface area contributed by atoms with Gasteiger partial charge < -0.3 is 25.5 Å². The van der Waals surface area contributed by atoms with Crippen molar-refractivity contribution in [2.75, 3.05) is 0 Å². The minimum atomic E-state index is 0.127. The van der Waals surface area contributed by atoms with Crippen molar-refractivity contribution in [2.45, 2.75) is 32.1 Å². The molecule has 0 radical (unpaired) electrons. The minimum absolute atomic E-state index is 0.127. The molecule has 0 unspecified atom stereocenters. The number of aromatic hydroxyl groups is 5. The summed E-state index contributed by atoms with van der Waals surface area (Å²) < 4.78 is 0. The van der Waals surface area contributed by atoms with Crippen molar-refractivity contribution in [3.63, 3.8) is 0 Å². The van der Waals surface area contributed by atoms with E-state index in [0.717, 1.165) is 0 Å². The van der Waals surface area contributed by atoms with E-state index in [2.05, 4.69) is 0 Å². The smallest absolute Gasteiger partial charge is 0.122 e. The number of para-hydroxylation sites is 5. The van der Waals surface area contributed by atoms with Gasteiger partial charge in [-0.15, -0.1) is 0 Å². The summed E-state index contributed by atoms with van der Waals surface area (Å²) in [6.45, 7) is 0. The van der Waals surface area contributed by atoms with E-state index in [9.17, 15) is 25.5 Å². The number of benzene rings is 5. The highest BCUT2D eigenvalue weighted by atomic mass is 16.3. The predicted octanol–water partition coefficient (Wildman–Crippen LogP) is 6.48. The Morgan fingerprint density at radius 3 is 0.500 bits per heavy atom. The van der Waals surface area contributed by atoms with Gasteiger partial charge in [0, 0.05) is 32.1 Å². The van der Waals surface area contributed by atoms with Crippen molar-refractivity contribution in [1.29, 1.82) is 0 Å². The second-order valence-corrected chi connectivity index (χ2v) is 10.5. The Bertz CT molecular complexity index is 1340. The molecule has 5 nitrogen and oxygen atoms in total. The zero-order valence-corrected chi connectivity index (χ0v) is 21.9. The normalized spacial score (nSPS) is 13.0. The van der Waals surface area contributed by atoms with E-state index in [1.807, 2.05) is 91.0 Å². The van der Waals surface area contributed by atoms with E-state index in [-0.39, 0.29) is 28.7 Å². The first-order valence-electron chi connectivity index (χ1n) is 13.4. The largest absolute Gasteiger partial charge is 0.507 e. The van der Waals surface area contributed by atoms with E-state index < -0.39 is 0 Å². The van der Waals surface area contributed by atoms with E-state index in [1.165, 1.54) is 0 Å². The Morgan fingerprint density at radius 2 is 0.375 bits per heavy atom. The maximum atomic E-state index is 11.2. The van der Waals surface area contributed by atoms with E-state index in [1.54, 1.807) is 0 Å². The van der Waals surface area contributed by atoms with Gasteiger partial charge in [0.2, 0.25) is 0 Å². The molecule has 5 N–H and O–H groups in total. The third kappa shape index (κ3) is 4.71. The Morgan fingerprint density at radius 1 is 0.250 bits per heavy atom. The van der Waals surface area contributed by atoms with Crippen LogP contribution in [-0.2, 0) is 32.1 Å². The molecule has 0 atom stereocenters. The van der Waals surface area contributed by atoms with Gasteiger partial charge in [0.25, 0.3) is 0 Å². The first-order chi connectivity index (χ1) is 19.4. The fraction of sp³-hybridized carbons (Fsp3) is 0.143. The summed E-state index contributed by atoms with van der Waals surface area (Å²) in [5.41, 5.74) is 6.68. The molecule has 0 fully saturated rings. The van der Waals surface area contributed by atoms with Crippen LogP contribution in [0.3, 0.4) is 0 Å². The second-order valence-electron chi connectivity index (χ2n) is 10.5. The molecule has 0 aromatic heterocycles. The average molecular weight is 531 g/mol. The van der Waals surface area contributed by atoms with Gasteiger partial charge in [-0.2, -0.15) is 0 Å². The lowest BCUT2D eigenvalue weighted by Crippen LogP contribution is -2.00. The summed E-state index contributed by atoms with van der Waals surface area (Å²) in [7, 11) is 0. The molecule has 6 rings (SSSR count). The molecule has 5 aromatic rings. The third-order valence-electron chi connectivity index (χ3n) is 7.92. The number of rotatable bonds is 0. The molecule has 10 bridgehead atoms. The standard InChI is InChI=1S/C35H30O5/c36-31-21-6-1-7-22(31)17-24-9-3-11-26(33(24)38)19-28-13-5-15-30(35(28)40)20-29-14-4-12-27(34(29)39)18-25-10-2-8-23(16-21)32(25)37/h1-15,36-40H,16-20H2. The van der Waals surface area contributed by atoms with Gasteiger partial charge in [-0.1, -0.05) is 91.0 Å². The van der Waals surface area contributed by atoms with Crippen molar-refractivity contribution in [3.05, 3.63) is 147 Å². The van der Waals surface area contributed by atoms with Crippen LogP contribution in [0.1, 0.15) is 55.6 Å². The van der Waals surface area contributed by atoms with E-state index >= 15 is 0 Å². The molecule has 200 valence electrons. The Hall–Kier alpha value is -4.90. The van der Waals surface area contributed by atoms with Crippen LogP contribution in [0.15, 0.2) is 91.0 Å².